The summed E-state index contributed by atoms with van der Waals surface area (Å²) >= 11 is 0. The molecule has 0 radical (unpaired) electrons. The molecule has 0 spiro atoms. The number of aromatic nitrogens is 3. The van der Waals surface area contributed by atoms with Crippen molar-refractivity contribution in [3.63, 3.8) is 0 Å². The van der Waals surface area contributed by atoms with Crippen LogP contribution in [0.3, 0.4) is 0 Å². The van der Waals surface area contributed by atoms with Crippen LogP contribution < -0.4 is 5.32 Å². The fraction of sp³-hybridized carbons (Fsp3) is 0.643. The van der Waals surface area contributed by atoms with Gasteiger partial charge in [-0.1, -0.05) is 6.42 Å². The Labute approximate surface area is 118 Å². The van der Waals surface area contributed by atoms with E-state index >= 15 is 0 Å². The van der Waals surface area contributed by atoms with Crippen LogP contribution in [0, 0.1) is 0 Å². The highest BCUT2D eigenvalue weighted by atomic mass is 16.5. The second kappa shape index (κ2) is 5.64. The Balaban J connectivity index is 1.59. The summed E-state index contributed by atoms with van der Waals surface area (Å²) in [6.45, 7) is 1.00. The monoisotopic (exact) mass is 276 g/mol. The third kappa shape index (κ3) is 2.55. The van der Waals surface area contributed by atoms with Crippen molar-refractivity contribution in [2.24, 2.45) is 7.05 Å². The van der Waals surface area contributed by atoms with E-state index in [0.29, 0.717) is 24.8 Å². The van der Waals surface area contributed by atoms with Crippen LogP contribution in [-0.4, -0.2) is 27.3 Å². The van der Waals surface area contributed by atoms with Gasteiger partial charge in [-0.2, -0.15) is 0 Å². The molecule has 6 heteroatoms. The van der Waals surface area contributed by atoms with E-state index in [1.807, 2.05) is 17.7 Å². The lowest BCUT2D eigenvalue weighted by atomic mass is 9.85. The van der Waals surface area contributed by atoms with Crippen molar-refractivity contribution in [1.29, 1.82) is 0 Å². The third-order valence-corrected chi connectivity index (χ3v) is 4.04. The van der Waals surface area contributed by atoms with E-state index < -0.39 is 0 Å². The van der Waals surface area contributed by atoms with Crippen LogP contribution >= 0.6 is 0 Å². The largest absolute Gasteiger partial charge is 0.488 e. The lowest BCUT2D eigenvalue weighted by Gasteiger charge is -2.24. The number of rotatable bonds is 4. The number of hydrogen-bond acceptors (Lipinski definition) is 4. The fourth-order valence-electron chi connectivity index (χ4n) is 2.51. The van der Waals surface area contributed by atoms with E-state index in [0.717, 1.165) is 24.5 Å². The first-order valence-corrected chi connectivity index (χ1v) is 7.25. The van der Waals surface area contributed by atoms with E-state index in [9.17, 15) is 4.79 Å². The SMILES string of the molecule is Cn1c(CNC(=O)C2=CCCCO2)nnc1C1CCC1. The topological polar surface area (TPSA) is 69.0 Å². The van der Waals surface area contributed by atoms with Crippen LogP contribution in [0.1, 0.15) is 49.7 Å². The molecule has 6 nitrogen and oxygen atoms in total. The van der Waals surface area contributed by atoms with Crippen LogP contribution in [0.2, 0.25) is 0 Å². The molecule has 1 aliphatic carbocycles. The standard InChI is InChI=1S/C14H20N4O2/c1-18-12(16-17-13(18)10-5-4-6-10)9-15-14(19)11-7-2-3-8-20-11/h7,10H,2-6,8-9H2,1H3,(H,15,19). The van der Waals surface area contributed by atoms with Crippen LogP contribution in [0.25, 0.3) is 0 Å². The summed E-state index contributed by atoms with van der Waals surface area (Å²) in [4.78, 5) is 11.9. The molecule has 0 aromatic carbocycles. The average Bonchev–Trinajstić information content (AvgIpc) is 2.77. The molecule has 1 aliphatic heterocycles. The van der Waals surface area contributed by atoms with E-state index in [4.69, 9.17) is 4.74 Å². The van der Waals surface area contributed by atoms with Gasteiger partial charge in [0.15, 0.2) is 11.6 Å². The Kier molecular flexibility index (Phi) is 3.71. The van der Waals surface area contributed by atoms with E-state index in [1.54, 1.807) is 0 Å². The molecule has 108 valence electrons. The molecule has 0 saturated heterocycles. The summed E-state index contributed by atoms with van der Waals surface area (Å²) in [5.74, 6) is 2.63. The minimum atomic E-state index is -0.169. The summed E-state index contributed by atoms with van der Waals surface area (Å²) < 4.78 is 7.33. The highest BCUT2D eigenvalue weighted by Gasteiger charge is 2.25. The fourth-order valence-corrected chi connectivity index (χ4v) is 2.51. The van der Waals surface area contributed by atoms with E-state index in [-0.39, 0.29) is 5.91 Å². The van der Waals surface area contributed by atoms with Gasteiger partial charge in [0.05, 0.1) is 13.2 Å². The van der Waals surface area contributed by atoms with Crippen molar-refractivity contribution in [3.8, 4) is 0 Å². The number of carbonyl (C=O) groups is 1. The molecule has 0 atom stereocenters. The van der Waals surface area contributed by atoms with Gasteiger partial charge in [-0.15, -0.1) is 10.2 Å². The van der Waals surface area contributed by atoms with Gasteiger partial charge in [0.25, 0.3) is 5.91 Å². The summed E-state index contributed by atoms with van der Waals surface area (Å²) in [6, 6.07) is 0. The molecule has 1 fully saturated rings. The van der Waals surface area contributed by atoms with Crippen molar-refractivity contribution in [2.45, 2.75) is 44.6 Å². The Bertz CT molecular complexity index is 531. The van der Waals surface area contributed by atoms with Gasteiger partial charge in [0.1, 0.15) is 5.82 Å². The first-order chi connectivity index (χ1) is 9.75. The molecule has 0 bridgehead atoms. The Morgan fingerprint density at radius 3 is 2.95 bits per heavy atom. The Morgan fingerprint density at radius 1 is 1.45 bits per heavy atom. The van der Waals surface area contributed by atoms with Crippen molar-refractivity contribution in [3.05, 3.63) is 23.5 Å². The quantitative estimate of drug-likeness (QED) is 0.902. The lowest BCUT2D eigenvalue weighted by Crippen LogP contribution is -2.28. The molecule has 1 N–H and O–H groups in total. The molecule has 1 aromatic rings. The smallest absolute Gasteiger partial charge is 0.286 e. The number of nitrogens with one attached hydrogen (secondary N) is 1. The summed E-state index contributed by atoms with van der Waals surface area (Å²) in [6.07, 6.45) is 7.38. The molecule has 2 heterocycles. The number of hydrogen-bond donors (Lipinski definition) is 1. The maximum absolute atomic E-state index is 11.9. The Morgan fingerprint density at radius 2 is 2.30 bits per heavy atom. The first kappa shape index (κ1) is 13.1. The van der Waals surface area contributed by atoms with E-state index in [1.165, 1.54) is 19.3 Å². The summed E-state index contributed by atoms with van der Waals surface area (Å²) in [5, 5.41) is 11.3. The van der Waals surface area contributed by atoms with Gasteiger partial charge in [0, 0.05) is 13.0 Å². The zero-order valence-electron chi connectivity index (χ0n) is 11.8. The number of carbonyl (C=O) groups excluding carboxylic acids is 1. The average molecular weight is 276 g/mol. The maximum Gasteiger partial charge on any atom is 0.286 e. The zero-order chi connectivity index (χ0) is 13.9. The van der Waals surface area contributed by atoms with Gasteiger partial charge in [-0.05, 0) is 31.8 Å². The normalized spacial score (nSPS) is 18.9. The minimum absolute atomic E-state index is 0.169. The van der Waals surface area contributed by atoms with E-state index in [2.05, 4.69) is 15.5 Å². The van der Waals surface area contributed by atoms with Crippen LogP contribution in [-0.2, 0) is 23.1 Å². The Hall–Kier alpha value is -1.85. The molecule has 1 aromatic heterocycles. The van der Waals surface area contributed by atoms with Gasteiger partial charge in [0.2, 0.25) is 0 Å². The number of nitrogens with zero attached hydrogens (tertiary/aromatic N) is 3. The highest BCUT2D eigenvalue weighted by Crippen LogP contribution is 2.35. The molecular weight excluding hydrogens is 256 g/mol. The summed E-state index contributed by atoms with van der Waals surface area (Å²) in [7, 11) is 1.96. The number of amides is 1. The van der Waals surface area contributed by atoms with Crippen molar-refractivity contribution >= 4 is 5.91 Å². The molecule has 3 rings (SSSR count). The van der Waals surface area contributed by atoms with Gasteiger partial charge in [-0.3, -0.25) is 4.79 Å². The maximum atomic E-state index is 11.9. The molecule has 20 heavy (non-hydrogen) atoms. The third-order valence-electron chi connectivity index (χ3n) is 4.04. The minimum Gasteiger partial charge on any atom is -0.488 e. The van der Waals surface area contributed by atoms with Gasteiger partial charge in [-0.25, -0.2) is 0 Å². The summed E-state index contributed by atoms with van der Waals surface area (Å²) in [5.41, 5.74) is 0. The van der Waals surface area contributed by atoms with Crippen LogP contribution in [0.15, 0.2) is 11.8 Å². The molecular formula is C14H20N4O2. The number of allylic oxidation sites excluding steroid dienone is 1. The van der Waals surface area contributed by atoms with Crippen LogP contribution in [0.5, 0.6) is 0 Å². The molecule has 2 aliphatic rings. The predicted octanol–water partition coefficient (Wildman–Crippen LogP) is 1.39. The molecule has 0 unspecified atom stereocenters. The van der Waals surface area contributed by atoms with Crippen molar-refractivity contribution in [2.75, 3.05) is 6.61 Å². The zero-order valence-corrected chi connectivity index (χ0v) is 11.8. The van der Waals surface area contributed by atoms with Gasteiger partial charge < -0.3 is 14.6 Å². The lowest BCUT2D eigenvalue weighted by molar-refractivity contribution is -0.121. The highest BCUT2D eigenvalue weighted by molar-refractivity contribution is 5.91. The second-order valence-corrected chi connectivity index (χ2v) is 5.40. The van der Waals surface area contributed by atoms with Gasteiger partial charge >= 0.3 is 0 Å². The van der Waals surface area contributed by atoms with Crippen LogP contribution in [0.4, 0.5) is 0 Å². The number of ether oxygens (including phenoxy) is 1. The first-order valence-electron chi connectivity index (χ1n) is 7.25. The van der Waals surface area contributed by atoms with Crippen molar-refractivity contribution < 1.29 is 9.53 Å². The second-order valence-electron chi connectivity index (χ2n) is 5.40. The predicted molar refractivity (Wildman–Crippen MR) is 72.7 cm³/mol. The molecule has 1 saturated carbocycles. The van der Waals surface area contributed by atoms with Crippen molar-refractivity contribution in [1.82, 2.24) is 20.1 Å². The molecule has 1 amide bonds.